The van der Waals surface area contributed by atoms with E-state index in [4.69, 9.17) is 5.73 Å². The molecule has 2 rings (SSSR count). The van der Waals surface area contributed by atoms with Crippen molar-refractivity contribution in [2.24, 2.45) is 17.6 Å². The summed E-state index contributed by atoms with van der Waals surface area (Å²) in [5.74, 6) is 1.88. The fourth-order valence-corrected chi connectivity index (χ4v) is 3.50. The second-order valence-corrected chi connectivity index (χ2v) is 5.27. The molecule has 3 unspecified atom stereocenters. The molecule has 2 saturated carbocycles. The lowest BCUT2D eigenvalue weighted by Crippen LogP contribution is -2.44. The van der Waals surface area contributed by atoms with Crippen LogP contribution in [-0.2, 0) is 0 Å². The first kappa shape index (κ1) is 9.51. The third-order valence-electron chi connectivity index (χ3n) is 4.27. The molecular formula is C12H23N. The zero-order valence-electron chi connectivity index (χ0n) is 8.89. The van der Waals surface area contributed by atoms with Crippen molar-refractivity contribution in [1.29, 1.82) is 0 Å². The molecule has 0 spiro atoms. The number of fused-ring (bicyclic) bond motifs is 2. The standard InChI is InChI=1S/C12H23N/c1-2-3-4-7-12(13)9-10-5-6-11(12)8-10/h10-11H,2-9,13H2,1H3. The first-order valence-corrected chi connectivity index (χ1v) is 6.03. The Hall–Kier alpha value is -0.0400. The molecule has 0 aromatic heterocycles. The topological polar surface area (TPSA) is 26.0 Å². The van der Waals surface area contributed by atoms with E-state index in [-0.39, 0.29) is 5.54 Å². The molecule has 0 aliphatic heterocycles. The molecule has 0 aromatic rings. The predicted octanol–water partition coefficient (Wildman–Crippen LogP) is 3.08. The van der Waals surface area contributed by atoms with Crippen molar-refractivity contribution in [2.75, 3.05) is 0 Å². The molecular weight excluding hydrogens is 158 g/mol. The number of rotatable bonds is 4. The third-order valence-corrected chi connectivity index (χ3v) is 4.27. The van der Waals surface area contributed by atoms with Crippen LogP contribution < -0.4 is 5.73 Å². The number of hydrogen-bond acceptors (Lipinski definition) is 1. The maximum absolute atomic E-state index is 6.49. The van der Waals surface area contributed by atoms with Crippen molar-refractivity contribution >= 4 is 0 Å². The Morgan fingerprint density at radius 1 is 1.31 bits per heavy atom. The lowest BCUT2D eigenvalue weighted by Gasteiger charge is -2.34. The van der Waals surface area contributed by atoms with Crippen molar-refractivity contribution < 1.29 is 0 Å². The van der Waals surface area contributed by atoms with Crippen LogP contribution in [0.4, 0.5) is 0 Å². The Kier molecular flexibility index (Phi) is 2.64. The largest absolute Gasteiger partial charge is 0.325 e. The van der Waals surface area contributed by atoms with Gasteiger partial charge in [0.05, 0.1) is 0 Å². The summed E-state index contributed by atoms with van der Waals surface area (Å²) in [4.78, 5) is 0. The fraction of sp³-hybridized carbons (Fsp3) is 1.00. The van der Waals surface area contributed by atoms with E-state index < -0.39 is 0 Å². The molecule has 0 radical (unpaired) electrons. The third kappa shape index (κ3) is 1.76. The summed E-state index contributed by atoms with van der Waals surface area (Å²) < 4.78 is 0. The molecule has 76 valence electrons. The highest BCUT2D eigenvalue weighted by molar-refractivity contribution is 5.03. The molecule has 13 heavy (non-hydrogen) atoms. The Bertz CT molecular complexity index is 178. The van der Waals surface area contributed by atoms with Gasteiger partial charge in [-0.2, -0.15) is 0 Å². The average Bonchev–Trinajstić information content (AvgIpc) is 2.64. The summed E-state index contributed by atoms with van der Waals surface area (Å²) in [5, 5.41) is 0. The van der Waals surface area contributed by atoms with E-state index in [0.29, 0.717) is 0 Å². The number of unbranched alkanes of at least 4 members (excludes halogenated alkanes) is 2. The summed E-state index contributed by atoms with van der Waals surface area (Å²) in [5.41, 5.74) is 6.75. The highest BCUT2D eigenvalue weighted by atomic mass is 14.8. The van der Waals surface area contributed by atoms with Crippen LogP contribution in [0.2, 0.25) is 0 Å². The molecule has 0 aromatic carbocycles. The first-order chi connectivity index (χ1) is 6.24. The van der Waals surface area contributed by atoms with Gasteiger partial charge in [0, 0.05) is 5.54 Å². The van der Waals surface area contributed by atoms with Gasteiger partial charge in [-0.1, -0.05) is 32.6 Å². The maximum atomic E-state index is 6.49. The Balaban J connectivity index is 1.83. The summed E-state index contributed by atoms with van der Waals surface area (Å²) in [7, 11) is 0. The van der Waals surface area contributed by atoms with E-state index in [2.05, 4.69) is 6.92 Å². The van der Waals surface area contributed by atoms with E-state index in [0.717, 1.165) is 11.8 Å². The van der Waals surface area contributed by atoms with Gasteiger partial charge in [0.15, 0.2) is 0 Å². The van der Waals surface area contributed by atoms with Crippen LogP contribution in [0, 0.1) is 11.8 Å². The minimum Gasteiger partial charge on any atom is -0.325 e. The summed E-state index contributed by atoms with van der Waals surface area (Å²) in [6.07, 6.45) is 11.0. The van der Waals surface area contributed by atoms with Gasteiger partial charge < -0.3 is 5.73 Å². The van der Waals surface area contributed by atoms with Crippen LogP contribution in [0.3, 0.4) is 0 Å². The van der Waals surface area contributed by atoms with Gasteiger partial charge in [-0.05, 0) is 37.5 Å². The van der Waals surface area contributed by atoms with Gasteiger partial charge in [0.2, 0.25) is 0 Å². The van der Waals surface area contributed by atoms with Crippen LogP contribution in [0.15, 0.2) is 0 Å². The van der Waals surface area contributed by atoms with Gasteiger partial charge in [-0.25, -0.2) is 0 Å². The molecule has 0 amide bonds. The first-order valence-electron chi connectivity index (χ1n) is 6.03. The Morgan fingerprint density at radius 3 is 2.69 bits per heavy atom. The van der Waals surface area contributed by atoms with Gasteiger partial charge in [0.25, 0.3) is 0 Å². The molecule has 2 aliphatic carbocycles. The minimum absolute atomic E-state index is 0.262. The highest BCUT2D eigenvalue weighted by Gasteiger charge is 2.47. The average molecular weight is 181 g/mol. The van der Waals surface area contributed by atoms with E-state index in [1.807, 2.05) is 0 Å². The van der Waals surface area contributed by atoms with Crippen LogP contribution in [0.5, 0.6) is 0 Å². The zero-order chi connectivity index (χ0) is 9.31. The normalized spacial score (nSPS) is 42.9. The van der Waals surface area contributed by atoms with E-state index in [1.165, 1.54) is 51.4 Å². The Morgan fingerprint density at radius 2 is 2.15 bits per heavy atom. The molecule has 3 atom stereocenters. The lowest BCUT2D eigenvalue weighted by atomic mass is 9.78. The van der Waals surface area contributed by atoms with Crippen molar-refractivity contribution in [3.8, 4) is 0 Å². The quantitative estimate of drug-likeness (QED) is 0.663. The summed E-state index contributed by atoms with van der Waals surface area (Å²) in [6.45, 7) is 2.27. The predicted molar refractivity (Wildman–Crippen MR) is 56.5 cm³/mol. The zero-order valence-corrected chi connectivity index (χ0v) is 8.89. The molecule has 1 nitrogen and oxygen atoms in total. The second kappa shape index (κ2) is 3.61. The minimum atomic E-state index is 0.262. The molecule has 2 bridgehead atoms. The molecule has 2 fully saturated rings. The van der Waals surface area contributed by atoms with Crippen molar-refractivity contribution in [3.63, 3.8) is 0 Å². The van der Waals surface area contributed by atoms with Crippen molar-refractivity contribution in [3.05, 3.63) is 0 Å². The molecule has 0 heterocycles. The molecule has 2 aliphatic rings. The number of hydrogen-bond donors (Lipinski definition) is 1. The van der Waals surface area contributed by atoms with Crippen LogP contribution in [0.25, 0.3) is 0 Å². The van der Waals surface area contributed by atoms with Gasteiger partial charge >= 0.3 is 0 Å². The van der Waals surface area contributed by atoms with Gasteiger partial charge in [-0.3, -0.25) is 0 Å². The van der Waals surface area contributed by atoms with E-state index in [9.17, 15) is 0 Å². The van der Waals surface area contributed by atoms with Crippen molar-refractivity contribution in [1.82, 2.24) is 0 Å². The van der Waals surface area contributed by atoms with Crippen LogP contribution in [-0.4, -0.2) is 5.54 Å². The monoisotopic (exact) mass is 181 g/mol. The fourth-order valence-electron chi connectivity index (χ4n) is 3.50. The van der Waals surface area contributed by atoms with Gasteiger partial charge in [-0.15, -0.1) is 0 Å². The summed E-state index contributed by atoms with van der Waals surface area (Å²) >= 11 is 0. The lowest BCUT2D eigenvalue weighted by molar-refractivity contribution is 0.247. The SMILES string of the molecule is CCCCCC1(N)CC2CCC1C2. The van der Waals surface area contributed by atoms with E-state index >= 15 is 0 Å². The smallest absolute Gasteiger partial charge is 0.0185 e. The molecule has 0 saturated heterocycles. The van der Waals surface area contributed by atoms with Crippen LogP contribution in [0.1, 0.15) is 58.3 Å². The van der Waals surface area contributed by atoms with Crippen LogP contribution >= 0.6 is 0 Å². The van der Waals surface area contributed by atoms with Gasteiger partial charge in [0.1, 0.15) is 0 Å². The maximum Gasteiger partial charge on any atom is 0.0185 e. The molecule has 1 heteroatoms. The molecule has 2 N–H and O–H groups in total. The number of nitrogens with two attached hydrogens (primary N) is 1. The Labute approximate surface area is 82.1 Å². The second-order valence-electron chi connectivity index (χ2n) is 5.27. The summed E-state index contributed by atoms with van der Waals surface area (Å²) in [6, 6.07) is 0. The van der Waals surface area contributed by atoms with E-state index in [1.54, 1.807) is 0 Å². The van der Waals surface area contributed by atoms with Crippen molar-refractivity contribution in [2.45, 2.75) is 63.8 Å². The highest BCUT2D eigenvalue weighted by Crippen LogP contribution is 2.51.